The lowest BCUT2D eigenvalue weighted by Crippen LogP contribution is -2.56. The summed E-state index contributed by atoms with van der Waals surface area (Å²) in [6, 6.07) is 3.63. The summed E-state index contributed by atoms with van der Waals surface area (Å²) in [5.74, 6) is 0.159. The number of aromatic nitrogens is 1. The molecule has 1 fully saturated rings. The van der Waals surface area contributed by atoms with Crippen LogP contribution in [0.5, 0.6) is 0 Å². The van der Waals surface area contributed by atoms with Crippen molar-refractivity contribution in [1.29, 1.82) is 0 Å². The van der Waals surface area contributed by atoms with Gasteiger partial charge in [-0.05, 0) is 44.9 Å². The lowest BCUT2D eigenvalue weighted by atomic mass is 9.74. The molecule has 0 spiro atoms. The second kappa shape index (κ2) is 7.09. The third-order valence-electron chi connectivity index (χ3n) is 6.37. The summed E-state index contributed by atoms with van der Waals surface area (Å²) < 4.78 is 0. The molecule has 1 aromatic heterocycles. The fourth-order valence-corrected chi connectivity index (χ4v) is 4.98. The molecule has 2 aliphatic rings. The average molecular weight is 385 g/mol. The molecule has 1 aliphatic heterocycles. The lowest BCUT2D eigenvalue weighted by Gasteiger charge is -2.45. The molecule has 1 aromatic carbocycles. The number of likely N-dealkylation sites (N-methyl/N-ethyl adjacent to an activating group) is 1. The van der Waals surface area contributed by atoms with Gasteiger partial charge in [0.15, 0.2) is 0 Å². The van der Waals surface area contributed by atoms with Crippen molar-refractivity contribution < 1.29 is 9.72 Å². The number of fused-ring (bicyclic) bond motifs is 2. The van der Waals surface area contributed by atoms with Crippen molar-refractivity contribution >= 4 is 22.6 Å². The van der Waals surface area contributed by atoms with Crippen molar-refractivity contribution in [3.8, 4) is 0 Å². The Morgan fingerprint density at radius 1 is 1.39 bits per heavy atom. The zero-order valence-corrected chi connectivity index (χ0v) is 16.6. The summed E-state index contributed by atoms with van der Waals surface area (Å²) in [5.41, 5.74) is 3.20. The fourth-order valence-electron chi connectivity index (χ4n) is 4.98. The van der Waals surface area contributed by atoms with E-state index in [4.69, 9.17) is 0 Å². The smallest absolute Gasteiger partial charge is 0.317 e. The maximum atomic E-state index is 12.5. The minimum Gasteiger partial charge on any atom is -0.361 e. The summed E-state index contributed by atoms with van der Waals surface area (Å²) >= 11 is 0. The Hall–Kier alpha value is -2.61. The molecule has 1 saturated heterocycles. The van der Waals surface area contributed by atoms with Crippen molar-refractivity contribution in [3.63, 3.8) is 0 Å². The van der Waals surface area contributed by atoms with E-state index in [0.29, 0.717) is 13.1 Å². The number of hydrogen-bond donors (Lipinski definition) is 2. The Bertz CT molecular complexity index is 920. The average Bonchev–Trinajstić information content (AvgIpc) is 3.07. The SMILES string of the molecule is CCN(CC)C(=O)N[C@H]1CC2c3cc([N+](=O)[O-])cc4[nH]cc(c34)C[C@H]2N(C)C1. The van der Waals surface area contributed by atoms with Crippen LogP contribution in [0.3, 0.4) is 0 Å². The van der Waals surface area contributed by atoms with E-state index in [2.05, 4.69) is 22.2 Å². The largest absolute Gasteiger partial charge is 0.361 e. The number of nitro benzene ring substituents is 1. The number of amides is 2. The number of urea groups is 1. The van der Waals surface area contributed by atoms with E-state index >= 15 is 0 Å². The molecule has 8 heteroatoms. The van der Waals surface area contributed by atoms with Crippen molar-refractivity contribution in [2.75, 3.05) is 26.7 Å². The van der Waals surface area contributed by atoms with Crippen LogP contribution in [0, 0.1) is 10.1 Å². The summed E-state index contributed by atoms with van der Waals surface area (Å²) in [4.78, 5) is 30.9. The van der Waals surface area contributed by atoms with Crippen LogP contribution in [0.1, 0.15) is 37.3 Å². The third kappa shape index (κ3) is 3.01. The van der Waals surface area contributed by atoms with Gasteiger partial charge in [0.1, 0.15) is 0 Å². The number of nitrogens with zero attached hydrogens (tertiary/aromatic N) is 3. The number of benzene rings is 1. The number of likely N-dealkylation sites (tertiary alicyclic amines) is 1. The van der Waals surface area contributed by atoms with E-state index in [-0.39, 0.29) is 34.6 Å². The first kappa shape index (κ1) is 18.7. The van der Waals surface area contributed by atoms with Gasteiger partial charge in [-0.1, -0.05) is 0 Å². The monoisotopic (exact) mass is 385 g/mol. The zero-order chi connectivity index (χ0) is 20.0. The predicted molar refractivity (Wildman–Crippen MR) is 108 cm³/mol. The first-order chi connectivity index (χ1) is 13.4. The number of rotatable bonds is 4. The van der Waals surface area contributed by atoms with Crippen LogP contribution in [0.2, 0.25) is 0 Å². The molecular weight excluding hydrogens is 358 g/mol. The second-order valence-electron chi connectivity index (χ2n) is 7.90. The molecule has 3 atom stereocenters. The van der Waals surface area contributed by atoms with Gasteiger partial charge in [-0.25, -0.2) is 4.79 Å². The molecule has 8 nitrogen and oxygen atoms in total. The highest BCUT2D eigenvalue weighted by molar-refractivity contribution is 5.90. The van der Waals surface area contributed by atoms with Gasteiger partial charge in [0.25, 0.3) is 5.69 Å². The Labute approximate surface area is 164 Å². The van der Waals surface area contributed by atoms with Crippen LogP contribution in [-0.4, -0.2) is 64.5 Å². The van der Waals surface area contributed by atoms with Crippen LogP contribution < -0.4 is 5.32 Å². The number of nitrogens with one attached hydrogen (secondary N) is 2. The number of carbonyl (C=O) groups is 1. The normalized spacial score (nSPS) is 24.0. The van der Waals surface area contributed by atoms with Gasteiger partial charge in [0.2, 0.25) is 0 Å². The van der Waals surface area contributed by atoms with Gasteiger partial charge in [-0.3, -0.25) is 10.1 Å². The number of hydrogen-bond acceptors (Lipinski definition) is 4. The quantitative estimate of drug-likeness (QED) is 0.625. The highest BCUT2D eigenvalue weighted by atomic mass is 16.6. The molecule has 2 heterocycles. The molecule has 2 N–H and O–H groups in total. The number of piperidine rings is 1. The van der Waals surface area contributed by atoms with Gasteiger partial charge in [0, 0.05) is 61.4 Å². The molecule has 2 amide bonds. The fraction of sp³-hybridized carbons (Fsp3) is 0.550. The van der Waals surface area contributed by atoms with E-state index in [1.54, 1.807) is 17.0 Å². The maximum Gasteiger partial charge on any atom is 0.317 e. The van der Waals surface area contributed by atoms with Crippen LogP contribution in [0.25, 0.3) is 10.9 Å². The molecule has 0 radical (unpaired) electrons. The maximum absolute atomic E-state index is 12.5. The number of carbonyl (C=O) groups excluding carboxylic acids is 1. The van der Waals surface area contributed by atoms with Gasteiger partial charge in [0.05, 0.1) is 10.4 Å². The lowest BCUT2D eigenvalue weighted by molar-refractivity contribution is -0.384. The van der Waals surface area contributed by atoms with E-state index in [0.717, 1.165) is 35.9 Å². The second-order valence-corrected chi connectivity index (χ2v) is 7.90. The molecular formula is C20H27N5O3. The highest BCUT2D eigenvalue weighted by Gasteiger charge is 2.40. The van der Waals surface area contributed by atoms with Gasteiger partial charge >= 0.3 is 6.03 Å². The van der Waals surface area contributed by atoms with Crippen LogP contribution in [0.15, 0.2) is 18.3 Å². The highest BCUT2D eigenvalue weighted by Crippen LogP contribution is 2.44. The number of aromatic amines is 1. The van der Waals surface area contributed by atoms with Crippen LogP contribution in [0.4, 0.5) is 10.5 Å². The van der Waals surface area contributed by atoms with Crippen molar-refractivity contribution in [2.45, 2.75) is 44.7 Å². The molecule has 2 aromatic rings. The Morgan fingerprint density at radius 3 is 2.82 bits per heavy atom. The molecule has 1 unspecified atom stereocenters. The third-order valence-corrected chi connectivity index (χ3v) is 6.37. The first-order valence-corrected chi connectivity index (χ1v) is 9.96. The Balaban J connectivity index is 1.67. The van der Waals surface area contributed by atoms with Gasteiger partial charge in [-0.15, -0.1) is 0 Å². The molecule has 28 heavy (non-hydrogen) atoms. The summed E-state index contributed by atoms with van der Waals surface area (Å²) in [7, 11) is 2.08. The molecule has 150 valence electrons. The first-order valence-electron chi connectivity index (χ1n) is 9.96. The molecule has 4 rings (SSSR count). The Morgan fingerprint density at radius 2 is 2.14 bits per heavy atom. The van der Waals surface area contributed by atoms with Crippen molar-refractivity contribution in [3.05, 3.63) is 39.6 Å². The number of non-ortho nitro benzene ring substituents is 1. The van der Waals surface area contributed by atoms with Crippen molar-refractivity contribution in [2.24, 2.45) is 0 Å². The van der Waals surface area contributed by atoms with Gasteiger partial charge < -0.3 is 20.1 Å². The molecule has 1 aliphatic carbocycles. The van der Waals surface area contributed by atoms with E-state index < -0.39 is 0 Å². The zero-order valence-electron chi connectivity index (χ0n) is 16.6. The number of H-pyrrole nitrogens is 1. The molecule has 0 bridgehead atoms. The summed E-state index contributed by atoms with van der Waals surface area (Å²) in [5, 5.41) is 15.7. The van der Waals surface area contributed by atoms with Crippen molar-refractivity contribution in [1.82, 2.24) is 20.1 Å². The Kier molecular flexibility index (Phi) is 4.74. The predicted octanol–water partition coefficient (Wildman–Crippen LogP) is 2.84. The van der Waals surface area contributed by atoms with E-state index in [9.17, 15) is 14.9 Å². The summed E-state index contributed by atoms with van der Waals surface area (Å²) in [6.45, 7) is 6.08. The van der Waals surface area contributed by atoms with Crippen LogP contribution >= 0.6 is 0 Å². The molecule has 0 saturated carbocycles. The number of nitro groups is 1. The topological polar surface area (TPSA) is 94.5 Å². The standard InChI is InChI=1S/C20H27N5O3/c1-4-24(5-2)20(26)22-13-7-15-16-8-14(25(27)28)9-17-19(16)12(10-21-17)6-18(15)23(3)11-13/h8-10,13,15,18,21H,4-7,11H2,1-3H3,(H,22,26)/t13-,15?,18+/m0/s1. The van der Waals surface area contributed by atoms with Gasteiger partial charge in [-0.2, -0.15) is 0 Å². The minimum atomic E-state index is -0.327. The van der Waals surface area contributed by atoms with E-state index in [1.165, 1.54) is 5.56 Å². The van der Waals surface area contributed by atoms with E-state index in [1.807, 2.05) is 20.0 Å². The van der Waals surface area contributed by atoms with Crippen LogP contribution in [-0.2, 0) is 6.42 Å². The summed E-state index contributed by atoms with van der Waals surface area (Å²) in [6.07, 6.45) is 3.70. The minimum absolute atomic E-state index is 0.0224.